The Morgan fingerprint density at radius 3 is 2.52 bits per heavy atom. The summed E-state index contributed by atoms with van der Waals surface area (Å²) in [5.74, 6) is 6.90. The van der Waals surface area contributed by atoms with E-state index in [0.717, 1.165) is 29.7 Å². The van der Waals surface area contributed by atoms with Crippen molar-refractivity contribution >= 4 is 5.82 Å². The maximum absolute atomic E-state index is 5.60. The number of ether oxygens (including phenoxy) is 1. The predicted molar refractivity (Wildman–Crippen MR) is 84.7 cm³/mol. The summed E-state index contributed by atoms with van der Waals surface area (Å²) in [6.07, 6.45) is 1.75. The Hall–Kier alpha value is -1.98. The van der Waals surface area contributed by atoms with Crippen LogP contribution in [0.15, 0.2) is 30.3 Å². The Labute approximate surface area is 125 Å². The zero-order chi connectivity index (χ0) is 15.2. The number of benzene rings is 1. The number of methoxy groups -OCH3 is 1. The molecule has 1 unspecified atom stereocenters. The predicted octanol–water partition coefficient (Wildman–Crippen LogP) is 3.23. The molecule has 0 saturated heterocycles. The molecule has 5 heteroatoms. The van der Waals surface area contributed by atoms with E-state index in [0.29, 0.717) is 11.6 Å². The van der Waals surface area contributed by atoms with Crippen LogP contribution in [0.2, 0.25) is 0 Å². The maximum atomic E-state index is 5.60. The minimum atomic E-state index is -0.120. The van der Waals surface area contributed by atoms with Crippen LogP contribution in [0.3, 0.4) is 0 Å². The number of rotatable bonds is 6. The van der Waals surface area contributed by atoms with Gasteiger partial charge >= 0.3 is 0 Å². The van der Waals surface area contributed by atoms with E-state index in [2.05, 4.69) is 17.3 Å². The molecular weight excluding hydrogens is 264 g/mol. The molecule has 0 amide bonds. The average molecular weight is 286 g/mol. The highest BCUT2D eigenvalue weighted by Gasteiger charge is 2.18. The van der Waals surface area contributed by atoms with Crippen LogP contribution in [-0.2, 0) is 4.74 Å². The Balaban J connectivity index is 2.54. The van der Waals surface area contributed by atoms with Crippen LogP contribution in [0.25, 0.3) is 11.3 Å². The quantitative estimate of drug-likeness (QED) is 0.630. The Kier molecular flexibility index (Phi) is 5.25. The van der Waals surface area contributed by atoms with Crippen molar-refractivity contribution in [1.82, 2.24) is 9.97 Å². The number of hydrogen-bond donors (Lipinski definition) is 2. The summed E-state index contributed by atoms with van der Waals surface area (Å²) in [6, 6.07) is 10.0. The van der Waals surface area contributed by atoms with Crippen molar-refractivity contribution in [2.24, 2.45) is 5.84 Å². The van der Waals surface area contributed by atoms with E-state index in [9.17, 15) is 0 Å². The van der Waals surface area contributed by atoms with Gasteiger partial charge in [-0.2, -0.15) is 0 Å². The van der Waals surface area contributed by atoms with E-state index < -0.39 is 0 Å². The smallest absolute Gasteiger partial charge is 0.160 e. The SMILES string of the molecule is CCCC(OC)c1nc(NN)c(C)c(-c2ccccc2)n1. The van der Waals surface area contributed by atoms with E-state index in [1.165, 1.54) is 0 Å². The highest BCUT2D eigenvalue weighted by molar-refractivity contribution is 5.67. The molecule has 0 aliphatic heterocycles. The van der Waals surface area contributed by atoms with E-state index in [-0.39, 0.29) is 6.10 Å². The fourth-order valence-corrected chi connectivity index (χ4v) is 2.31. The van der Waals surface area contributed by atoms with Crippen molar-refractivity contribution in [1.29, 1.82) is 0 Å². The first-order chi connectivity index (χ1) is 10.2. The van der Waals surface area contributed by atoms with Crippen molar-refractivity contribution in [2.75, 3.05) is 12.5 Å². The fourth-order valence-electron chi connectivity index (χ4n) is 2.31. The van der Waals surface area contributed by atoms with E-state index in [4.69, 9.17) is 15.6 Å². The largest absolute Gasteiger partial charge is 0.373 e. The highest BCUT2D eigenvalue weighted by Crippen LogP contribution is 2.28. The second-order valence-corrected chi connectivity index (χ2v) is 4.93. The molecule has 0 aliphatic rings. The van der Waals surface area contributed by atoms with Crippen molar-refractivity contribution < 1.29 is 4.74 Å². The van der Waals surface area contributed by atoms with Crippen LogP contribution in [0, 0.1) is 6.92 Å². The second-order valence-electron chi connectivity index (χ2n) is 4.93. The first-order valence-electron chi connectivity index (χ1n) is 7.14. The third-order valence-electron chi connectivity index (χ3n) is 3.47. The molecule has 0 radical (unpaired) electrons. The molecule has 2 rings (SSSR count). The summed E-state index contributed by atoms with van der Waals surface area (Å²) in [5, 5.41) is 0. The molecule has 0 saturated carbocycles. The van der Waals surface area contributed by atoms with Gasteiger partial charge in [-0.15, -0.1) is 0 Å². The molecule has 0 bridgehead atoms. The lowest BCUT2D eigenvalue weighted by Crippen LogP contribution is -2.15. The molecule has 112 valence electrons. The Morgan fingerprint density at radius 1 is 1.24 bits per heavy atom. The molecule has 0 fully saturated rings. The number of hydrazine groups is 1. The van der Waals surface area contributed by atoms with Gasteiger partial charge in [-0.25, -0.2) is 15.8 Å². The third-order valence-corrected chi connectivity index (χ3v) is 3.47. The monoisotopic (exact) mass is 286 g/mol. The average Bonchev–Trinajstić information content (AvgIpc) is 2.54. The minimum Gasteiger partial charge on any atom is -0.373 e. The van der Waals surface area contributed by atoms with Gasteiger partial charge in [-0.05, 0) is 13.3 Å². The van der Waals surface area contributed by atoms with Crippen LogP contribution < -0.4 is 11.3 Å². The van der Waals surface area contributed by atoms with Crippen LogP contribution in [0.4, 0.5) is 5.82 Å². The van der Waals surface area contributed by atoms with Gasteiger partial charge in [0.2, 0.25) is 0 Å². The van der Waals surface area contributed by atoms with E-state index in [1.807, 2.05) is 37.3 Å². The summed E-state index contributed by atoms with van der Waals surface area (Å²) in [4.78, 5) is 9.20. The minimum absolute atomic E-state index is 0.120. The standard InChI is InChI=1S/C16H22N4O/c1-4-8-13(21-3)16-18-14(11(2)15(19-16)20-17)12-9-6-5-7-10-12/h5-7,9-10,13H,4,8,17H2,1-3H3,(H,18,19,20). The summed E-state index contributed by atoms with van der Waals surface area (Å²) >= 11 is 0. The molecule has 2 aromatic rings. The molecule has 1 aromatic heterocycles. The molecule has 1 aromatic carbocycles. The lowest BCUT2D eigenvalue weighted by atomic mass is 10.1. The van der Waals surface area contributed by atoms with Gasteiger partial charge in [-0.1, -0.05) is 43.7 Å². The highest BCUT2D eigenvalue weighted by atomic mass is 16.5. The topological polar surface area (TPSA) is 73.1 Å². The fraction of sp³-hybridized carbons (Fsp3) is 0.375. The molecule has 5 nitrogen and oxygen atoms in total. The van der Waals surface area contributed by atoms with Crippen LogP contribution >= 0.6 is 0 Å². The first kappa shape index (κ1) is 15.4. The van der Waals surface area contributed by atoms with Crippen LogP contribution in [0.5, 0.6) is 0 Å². The Bertz CT molecular complexity index is 586. The number of hydrogen-bond acceptors (Lipinski definition) is 5. The van der Waals surface area contributed by atoms with E-state index >= 15 is 0 Å². The number of nitrogens with one attached hydrogen (secondary N) is 1. The molecule has 3 N–H and O–H groups in total. The van der Waals surface area contributed by atoms with E-state index in [1.54, 1.807) is 7.11 Å². The van der Waals surface area contributed by atoms with Gasteiger partial charge in [0.05, 0.1) is 5.69 Å². The van der Waals surface area contributed by atoms with Crippen molar-refractivity contribution in [3.63, 3.8) is 0 Å². The summed E-state index contributed by atoms with van der Waals surface area (Å²) in [5.41, 5.74) is 5.51. The molecule has 1 heterocycles. The van der Waals surface area contributed by atoms with Gasteiger partial charge < -0.3 is 10.2 Å². The number of nitrogen functional groups attached to an aromatic ring is 1. The van der Waals surface area contributed by atoms with Gasteiger partial charge in [-0.3, -0.25) is 0 Å². The van der Waals surface area contributed by atoms with Gasteiger partial charge in [0.15, 0.2) is 5.82 Å². The zero-order valence-electron chi connectivity index (χ0n) is 12.8. The van der Waals surface area contributed by atoms with Crippen LogP contribution in [-0.4, -0.2) is 17.1 Å². The third kappa shape index (κ3) is 3.37. The van der Waals surface area contributed by atoms with Gasteiger partial charge in [0.1, 0.15) is 11.9 Å². The second kappa shape index (κ2) is 7.15. The molecule has 1 atom stereocenters. The first-order valence-corrected chi connectivity index (χ1v) is 7.14. The molecular formula is C16H22N4O. The lowest BCUT2D eigenvalue weighted by Gasteiger charge is -2.17. The molecule has 21 heavy (non-hydrogen) atoms. The van der Waals surface area contributed by atoms with Gasteiger partial charge in [0.25, 0.3) is 0 Å². The molecule has 0 aliphatic carbocycles. The lowest BCUT2D eigenvalue weighted by molar-refractivity contribution is 0.0878. The number of aromatic nitrogens is 2. The zero-order valence-corrected chi connectivity index (χ0v) is 12.8. The summed E-state index contributed by atoms with van der Waals surface area (Å²) < 4.78 is 5.51. The van der Waals surface area contributed by atoms with Gasteiger partial charge in [0, 0.05) is 18.2 Å². The normalized spacial score (nSPS) is 12.2. The van der Waals surface area contributed by atoms with Crippen molar-refractivity contribution in [3.05, 3.63) is 41.7 Å². The van der Waals surface area contributed by atoms with Crippen LogP contribution in [0.1, 0.15) is 37.3 Å². The maximum Gasteiger partial charge on any atom is 0.160 e. The van der Waals surface area contributed by atoms with Crippen molar-refractivity contribution in [3.8, 4) is 11.3 Å². The molecule has 0 spiro atoms. The van der Waals surface area contributed by atoms with Crippen molar-refractivity contribution in [2.45, 2.75) is 32.8 Å². The Morgan fingerprint density at radius 2 is 1.95 bits per heavy atom. The summed E-state index contributed by atoms with van der Waals surface area (Å²) in [6.45, 7) is 4.07. The number of nitrogens with two attached hydrogens (primary N) is 1. The summed E-state index contributed by atoms with van der Waals surface area (Å²) in [7, 11) is 1.68. The number of anilines is 1. The number of nitrogens with zero attached hydrogens (tertiary/aromatic N) is 2.